The van der Waals surface area contributed by atoms with Crippen molar-refractivity contribution in [2.75, 3.05) is 27.9 Å². The number of rotatable bonds is 5. The number of ether oxygens (including phenoxy) is 3. The molecule has 0 N–H and O–H groups in total. The fourth-order valence-electron chi connectivity index (χ4n) is 3.85. The highest BCUT2D eigenvalue weighted by atomic mass is 16.5. The third-order valence-electron chi connectivity index (χ3n) is 5.13. The molecule has 3 rings (SSSR count). The Hall–Kier alpha value is -2.69. The number of benzene rings is 2. The van der Waals surface area contributed by atoms with Gasteiger partial charge in [-0.25, -0.2) is 0 Å². The van der Waals surface area contributed by atoms with Crippen LogP contribution >= 0.6 is 0 Å². The van der Waals surface area contributed by atoms with Crippen molar-refractivity contribution in [2.24, 2.45) is 5.92 Å². The van der Waals surface area contributed by atoms with E-state index in [0.29, 0.717) is 23.6 Å². The van der Waals surface area contributed by atoms with Gasteiger partial charge in [0.2, 0.25) is 0 Å². The maximum atomic E-state index is 13.3. The van der Waals surface area contributed by atoms with Crippen molar-refractivity contribution in [1.29, 1.82) is 0 Å². The first-order valence-corrected chi connectivity index (χ1v) is 9.20. The van der Waals surface area contributed by atoms with Gasteiger partial charge in [0.15, 0.2) is 11.5 Å². The zero-order chi connectivity index (χ0) is 19.6. The number of carbonyl (C=O) groups is 1. The first-order chi connectivity index (χ1) is 13.0. The Morgan fingerprint density at radius 2 is 1.74 bits per heavy atom. The summed E-state index contributed by atoms with van der Waals surface area (Å²) in [6.45, 7) is 4.95. The average Bonchev–Trinajstić information content (AvgIpc) is 2.70. The second kappa shape index (κ2) is 7.91. The third-order valence-corrected chi connectivity index (χ3v) is 5.13. The van der Waals surface area contributed by atoms with Crippen LogP contribution in [0.2, 0.25) is 0 Å². The van der Waals surface area contributed by atoms with Crippen molar-refractivity contribution in [2.45, 2.75) is 26.3 Å². The molecule has 0 radical (unpaired) electrons. The maximum Gasteiger partial charge on any atom is 0.254 e. The van der Waals surface area contributed by atoms with Crippen molar-refractivity contribution < 1.29 is 19.0 Å². The van der Waals surface area contributed by atoms with Crippen molar-refractivity contribution in [3.8, 4) is 17.2 Å². The average molecular weight is 369 g/mol. The predicted octanol–water partition coefficient (Wildman–Crippen LogP) is 4.11. The molecule has 1 aliphatic heterocycles. The van der Waals surface area contributed by atoms with Crippen LogP contribution in [-0.4, -0.2) is 38.7 Å². The van der Waals surface area contributed by atoms with E-state index in [9.17, 15) is 4.79 Å². The van der Waals surface area contributed by atoms with E-state index < -0.39 is 0 Å². The topological polar surface area (TPSA) is 48.0 Å². The summed E-state index contributed by atoms with van der Waals surface area (Å²) in [4.78, 5) is 15.3. The molecule has 1 amide bonds. The lowest BCUT2D eigenvalue weighted by Crippen LogP contribution is -2.42. The molecule has 1 aliphatic rings. The standard InChI is InChI=1S/C22H27NO4/c1-14(2)21-18-13-20(27-5)19(26-4)12-15(18)9-10-23(21)22(24)16-7-6-8-17(11-16)25-3/h6-8,11-14,21H,9-10H2,1-5H3/t21-/m1/s1. The van der Waals surface area contributed by atoms with Crippen molar-refractivity contribution in [3.63, 3.8) is 0 Å². The number of nitrogens with zero attached hydrogens (tertiary/aromatic N) is 1. The molecule has 27 heavy (non-hydrogen) atoms. The summed E-state index contributed by atoms with van der Waals surface area (Å²) in [6, 6.07) is 11.4. The van der Waals surface area contributed by atoms with Gasteiger partial charge in [-0.3, -0.25) is 4.79 Å². The molecular weight excluding hydrogens is 342 g/mol. The van der Waals surface area contributed by atoms with Gasteiger partial charge < -0.3 is 19.1 Å². The molecule has 0 saturated heterocycles. The summed E-state index contributed by atoms with van der Waals surface area (Å²) in [6.07, 6.45) is 0.786. The monoisotopic (exact) mass is 369 g/mol. The van der Waals surface area contributed by atoms with Crippen LogP contribution < -0.4 is 14.2 Å². The van der Waals surface area contributed by atoms with Crippen molar-refractivity contribution >= 4 is 5.91 Å². The van der Waals surface area contributed by atoms with Crippen LogP contribution in [0.25, 0.3) is 0 Å². The Labute approximate surface area is 160 Å². The fourth-order valence-corrected chi connectivity index (χ4v) is 3.85. The second-order valence-electron chi connectivity index (χ2n) is 7.08. The highest BCUT2D eigenvalue weighted by molar-refractivity contribution is 5.95. The van der Waals surface area contributed by atoms with Crippen LogP contribution in [0.1, 0.15) is 41.4 Å². The quantitative estimate of drug-likeness (QED) is 0.796. The number of carbonyl (C=O) groups excluding carboxylic acids is 1. The van der Waals surface area contributed by atoms with Crippen LogP contribution in [-0.2, 0) is 6.42 Å². The van der Waals surface area contributed by atoms with Gasteiger partial charge in [0.25, 0.3) is 5.91 Å². The molecular formula is C22H27NO4. The van der Waals surface area contributed by atoms with Gasteiger partial charge in [-0.1, -0.05) is 19.9 Å². The van der Waals surface area contributed by atoms with Crippen molar-refractivity contribution in [1.82, 2.24) is 4.90 Å². The SMILES string of the molecule is COc1cccc(C(=O)N2CCc3cc(OC)c(OC)cc3[C@H]2C(C)C)c1. The summed E-state index contributed by atoms with van der Waals surface area (Å²) in [7, 11) is 4.89. The normalized spacial score (nSPS) is 16.1. The number of hydrogen-bond donors (Lipinski definition) is 0. The molecule has 0 bridgehead atoms. The zero-order valence-corrected chi connectivity index (χ0v) is 16.6. The van der Waals surface area contributed by atoms with E-state index in [1.807, 2.05) is 35.2 Å². The summed E-state index contributed by atoms with van der Waals surface area (Å²) in [5.41, 5.74) is 2.98. The number of hydrogen-bond acceptors (Lipinski definition) is 4. The van der Waals surface area contributed by atoms with Crippen LogP contribution in [0.5, 0.6) is 17.2 Å². The Morgan fingerprint density at radius 1 is 1.04 bits per heavy atom. The Morgan fingerprint density at radius 3 is 2.37 bits per heavy atom. The maximum absolute atomic E-state index is 13.3. The molecule has 0 fully saturated rings. The van der Waals surface area contributed by atoms with E-state index in [-0.39, 0.29) is 17.9 Å². The molecule has 0 unspecified atom stereocenters. The van der Waals surface area contributed by atoms with Crippen molar-refractivity contribution in [3.05, 3.63) is 53.1 Å². The first-order valence-electron chi connectivity index (χ1n) is 9.20. The minimum atomic E-state index is -0.0211. The summed E-state index contributed by atoms with van der Waals surface area (Å²) in [5.74, 6) is 2.39. The Balaban J connectivity index is 2.02. The molecule has 0 aromatic heterocycles. The first kappa shape index (κ1) is 19.1. The highest BCUT2D eigenvalue weighted by Crippen LogP contribution is 2.41. The van der Waals surface area contributed by atoms with E-state index >= 15 is 0 Å². The van der Waals surface area contributed by atoms with Crippen LogP contribution in [0, 0.1) is 5.92 Å². The van der Waals surface area contributed by atoms with E-state index in [2.05, 4.69) is 13.8 Å². The van der Waals surface area contributed by atoms with E-state index in [1.165, 1.54) is 5.56 Å². The van der Waals surface area contributed by atoms with Gasteiger partial charge in [0.05, 0.1) is 27.4 Å². The smallest absolute Gasteiger partial charge is 0.254 e. The molecule has 2 aromatic rings. The third kappa shape index (κ3) is 3.59. The lowest BCUT2D eigenvalue weighted by Gasteiger charge is -2.40. The summed E-state index contributed by atoms with van der Waals surface area (Å²) >= 11 is 0. The molecule has 5 heteroatoms. The fraction of sp³-hybridized carbons (Fsp3) is 0.409. The zero-order valence-electron chi connectivity index (χ0n) is 16.6. The predicted molar refractivity (Wildman–Crippen MR) is 105 cm³/mol. The van der Waals surface area contributed by atoms with Crippen LogP contribution in [0.4, 0.5) is 0 Å². The number of methoxy groups -OCH3 is 3. The minimum absolute atomic E-state index is 0.0211. The van der Waals surface area contributed by atoms with Gasteiger partial charge in [-0.2, -0.15) is 0 Å². The van der Waals surface area contributed by atoms with E-state index in [0.717, 1.165) is 17.7 Å². The largest absolute Gasteiger partial charge is 0.497 e. The highest BCUT2D eigenvalue weighted by Gasteiger charge is 2.34. The molecule has 0 spiro atoms. The molecule has 5 nitrogen and oxygen atoms in total. The lowest BCUT2D eigenvalue weighted by atomic mass is 9.85. The molecule has 2 aromatic carbocycles. The molecule has 144 valence electrons. The summed E-state index contributed by atoms with van der Waals surface area (Å²) in [5, 5.41) is 0. The lowest BCUT2D eigenvalue weighted by molar-refractivity contribution is 0.0602. The molecule has 0 aliphatic carbocycles. The Bertz CT molecular complexity index is 831. The van der Waals surface area contributed by atoms with Gasteiger partial charge in [-0.05, 0) is 53.8 Å². The van der Waals surface area contributed by atoms with E-state index in [4.69, 9.17) is 14.2 Å². The van der Waals surface area contributed by atoms with Gasteiger partial charge in [-0.15, -0.1) is 0 Å². The number of amides is 1. The number of fused-ring (bicyclic) bond motifs is 1. The van der Waals surface area contributed by atoms with Gasteiger partial charge >= 0.3 is 0 Å². The van der Waals surface area contributed by atoms with Crippen LogP contribution in [0.3, 0.4) is 0 Å². The van der Waals surface area contributed by atoms with Crippen LogP contribution in [0.15, 0.2) is 36.4 Å². The Kier molecular flexibility index (Phi) is 5.59. The molecule has 1 heterocycles. The van der Waals surface area contributed by atoms with Gasteiger partial charge in [0.1, 0.15) is 5.75 Å². The molecule has 1 atom stereocenters. The minimum Gasteiger partial charge on any atom is -0.497 e. The van der Waals surface area contributed by atoms with Gasteiger partial charge in [0, 0.05) is 12.1 Å². The molecule has 0 saturated carbocycles. The van der Waals surface area contributed by atoms with E-state index in [1.54, 1.807) is 27.4 Å². The second-order valence-corrected chi connectivity index (χ2v) is 7.08. The summed E-state index contributed by atoms with van der Waals surface area (Å²) < 4.78 is 16.2.